The van der Waals surface area contributed by atoms with Gasteiger partial charge < -0.3 is 9.84 Å². The van der Waals surface area contributed by atoms with E-state index < -0.39 is 5.97 Å². The van der Waals surface area contributed by atoms with Crippen molar-refractivity contribution in [3.63, 3.8) is 0 Å². The van der Waals surface area contributed by atoms with Crippen molar-refractivity contribution in [1.82, 2.24) is 4.98 Å². The van der Waals surface area contributed by atoms with E-state index in [1.165, 1.54) is 13.3 Å². The fraction of sp³-hybridized carbons (Fsp3) is 0.250. The molecule has 0 aromatic carbocycles. The molecule has 0 radical (unpaired) electrons. The number of rotatable bonds is 2. The number of hydrogen-bond donors (Lipinski definition) is 1. The average molecular weight is 167 g/mol. The van der Waals surface area contributed by atoms with E-state index in [9.17, 15) is 4.79 Å². The third kappa shape index (κ3) is 1.53. The predicted octanol–water partition coefficient (Wildman–Crippen LogP) is 1.10. The molecule has 1 heterocycles. The molecule has 0 spiro atoms. The largest absolute Gasteiger partial charge is 0.495 e. The molecule has 0 aliphatic rings. The van der Waals surface area contributed by atoms with Gasteiger partial charge in [0.15, 0.2) is 5.69 Å². The number of aromatic carboxylic acids is 1. The van der Waals surface area contributed by atoms with Crippen LogP contribution in [0.15, 0.2) is 12.3 Å². The maximum atomic E-state index is 10.5. The van der Waals surface area contributed by atoms with Crippen molar-refractivity contribution < 1.29 is 14.6 Å². The second kappa shape index (κ2) is 3.21. The van der Waals surface area contributed by atoms with E-state index in [0.717, 1.165) is 0 Å². The maximum Gasteiger partial charge on any atom is 0.354 e. The summed E-state index contributed by atoms with van der Waals surface area (Å²) in [6.07, 6.45) is 1.39. The van der Waals surface area contributed by atoms with Gasteiger partial charge in [-0.2, -0.15) is 0 Å². The van der Waals surface area contributed by atoms with Gasteiger partial charge in [-0.1, -0.05) is 0 Å². The summed E-state index contributed by atoms with van der Waals surface area (Å²) in [7, 11) is 1.51. The molecule has 0 fully saturated rings. The summed E-state index contributed by atoms with van der Waals surface area (Å²) in [5.74, 6) is -0.451. The number of carboxylic acids is 1. The van der Waals surface area contributed by atoms with E-state index in [1.54, 1.807) is 13.0 Å². The summed E-state index contributed by atoms with van der Waals surface area (Å²) in [6, 6.07) is 1.64. The topological polar surface area (TPSA) is 59.4 Å². The Hall–Kier alpha value is -1.58. The molecule has 64 valence electrons. The summed E-state index contributed by atoms with van der Waals surface area (Å²) in [6.45, 7) is 1.68. The van der Waals surface area contributed by atoms with Crippen LogP contribution in [0.2, 0.25) is 0 Å². The van der Waals surface area contributed by atoms with Crippen LogP contribution in [0.4, 0.5) is 0 Å². The Labute approximate surface area is 69.8 Å². The monoisotopic (exact) mass is 167 g/mol. The summed E-state index contributed by atoms with van der Waals surface area (Å²) >= 11 is 0. The van der Waals surface area contributed by atoms with Crippen LogP contribution < -0.4 is 4.74 Å². The number of nitrogens with zero attached hydrogens (tertiary/aromatic N) is 1. The van der Waals surface area contributed by atoms with Crippen LogP contribution >= 0.6 is 0 Å². The smallest absolute Gasteiger partial charge is 0.354 e. The minimum Gasteiger partial charge on any atom is -0.495 e. The second-order valence-corrected chi connectivity index (χ2v) is 2.35. The maximum absolute atomic E-state index is 10.5. The Morgan fingerprint density at radius 1 is 1.67 bits per heavy atom. The van der Waals surface area contributed by atoms with E-state index in [1.807, 2.05) is 0 Å². The number of aromatic nitrogens is 1. The minimum absolute atomic E-state index is 0.0656. The highest BCUT2D eigenvalue weighted by Gasteiger charge is 2.08. The van der Waals surface area contributed by atoms with Crippen LogP contribution in [0, 0.1) is 6.92 Å². The Morgan fingerprint density at radius 3 is 2.75 bits per heavy atom. The molecule has 1 aromatic rings. The van der Waals surface area contributed by atoms with Gasteiger partial charge in [0.2, 0.25) is 0 Å². The summed E-state index contributed by atoms with van der Waals surface area (Å²) in [4.78, 5) is 14.2. The van der Waals surface area contributed by atoms with Gasteiger partial charge in [-0.25, -0.2) is 9.78 Å². The fourth-order valence-electron chi connectivity index (χ4n) is 0.885. The predicted molar refractivity (Wildman–Crippen MR) is 42.5 cm³/mol. The van der Waals surface area contributed by atoms with Crippen molar-refractivity contribution in [3.8, 4) is 5.75 Å². The van der Waals surface area contributed by atoms with Crippen LogP contribution in [-0.2, 0) is 0 Å². The Balaban J connectivity index is 3.12. The molecule has 0 saturated carbocycles. The number of methoxy groups -OCH3 is 1. The zero-order chi connectivity index (χ0) is 9.14. The van der Waals surface area contributed by atoms with Crippen LogP contribution in [0.1, 0.15) is 16.1 Å². The second-order valence-electron chi connectivity index (χ2n) is 2.35. The van der Waals surface area contributed by atoms with Gasteiger partial charge in [-0.05, 0) is 18.6 Å². The molecule has 0 unspecified atom stereocenters. The highest BCUT2D eigenvalue weighted by molar-refractivity contribution is 5.87. The number of hydrogen-bond acceptors (Lipinski definition) is 3. The van der Waals surface area contributed by atoms with Crippen molar-refractivity contribution in [2.75, 3.05) is 7.11 Å². The molecule has 1 N–H and O–H groups in total. The lowest BCUT2D eigenvalue weighted by molar-refractivity contribution is 0.0689. The van der Waals surface area contributed by atoms with Crippen molar-refractivity contribution >= 4 is 5.97 Å². The molecule has 1 aromatic heterocycles. The Kier molecular flexibility index (Phi) is 2.28. The Morgan fingerprint density at radius 2 is 2.33 bits per heavy atom. The molecule has 0 amide bonds. The molecule has 0 aliphatic heterocycles. The van der Waals surface area contributed by atoms with Crippen LogP contribution in [-0.4, -0.2) is 23.2 Å². The van der Waals surface area contributed by atoms with E-state index in [0.29, 0.717) is 11.3 Å². The van der Waals surface area contributed by atoms with E-state index in [4.69, 9.17) is 9.84 Å². The van der Waals surface area contributed by atoms with Gasteiger partial charge in [-0.15, -0.1) is 0 Å². The van der Waals surface area contributed by atoms with Gasteiger partial charge in [0.05, 0.1) is 13.3 Å². The molecule has 0 bridgehead atoms. The van der Waals surface area contributed by atoms with Gasteiger partial charge in [0, 0.05) is 0 Å². The first kappa shape index (κ1) is 8.52. The number of ether oxygens (including phenoxy) is 1. The quantitative estimate of drug-likeness (QED) is 0.716. The molecule has 0 aliphatic carbocycles. The van der Waals surface area contributed by atoms with Crippen molar-refractivity contribution in [2.24, 2.45) is 0 Å². The standard InChI is InChI=1S/C8H9NO3/c1-5-3-6(12-2)4-9-7(5)8(10)11/h3-4H,1-2H3,(H,10,11). The van der Waals surface area contributed by atoms with Gasteiger partial charge >= 0.3 is 5.97 Å². The molecular weight excluding hydrogens is 158 g/mol. The van der Waals surface area contributed by atoms with Crippen molar-refractivity contribution in [1.29, 1.82) is 0 Å². The third-order valence-corrected chi connectivity index (χ3v) is 1.49. The lowest BCUT2D eigenvalue weighted by Gasteiger charge is -2.02. The minimum atomic E-state index is -1.02. The SMILES string of the molecule is COc1cnc(C(=O)O)c(C)c1. The zero-order valence-corrected chi connectivity index (χ0v) is 6.87. The summed E-state index contributed by atoms with van der Waals surface area (Å²) in [5, 5.41) is 8.63. The molecule has 12 heavy (non-hydrogen) atoms. The zero-order valence-electron chi connectivity index (χ0n) is 6.87. The number of pyridine rings is 1. The van der Waals surface area contributed by atoms with Crippen LogP contribution in [0.5, 0.6) is 5.75 Å². The average Bonchev–Trinajstić information content (AvgIpc) is 2.03. The molecule has 4 heteroatoms. The van der Waals surface area contributed by atoms with Crippen LogP contribution in [0.25, 0.3) is 0 Å². The summed E-state index contributed by atoms with van der Waals surface area (Å²) < 4.78 is 4.87. The van der Waals surface area contributed by atoms with Crippen molar-refractivity contribution in [2.45, 2.75) is 6.92 Å². The van der Waals surface area contributed by atoms with E-state index in [-0.39, 0.29) is 5.69 Å². The van der Waals surface area contributed by atoms with Crippen LogP contribution in [0.3, 0.4) is 0 Å². The highest BCUT2D eigenvalue weighted by atomic mass is 16.5. The molecule has 1 rings (SSSR count). The van der Waals surface area contributed by atoms with Gasteiger partial charge in [0.25, 0.3) is 0 Å². The molecule has 4 nitrogen and oxygen atoms in total. The first-order valence-electron chi connectivity index (χ1n) is 3.39. The number of aryl methyl sites for hydroxylation is 1. The molecule has 0 saturated heterocycles. The van der Waals surface area contributed by atoms with E-state index >= 15 is 0 Å². The molecule has 0 atom stereocenters. The third-order valence-electron chi connectivity index (χ3n) is 1.49. The summed E-state index contributed by atoms with van der Waals surface area (Å²) in [5.41, 5.74) is 0.664. The van der Waals surface area contributed by atoms with Gasteiger partial charge in [-0.3, -0.25) is 0 Å². The van der Waals surface area contributed by atoms with Crippen molar-refractivity contribution in [3.05, 3.63) is 23.5 Å². The first-order chi connectivity index (χ1) is 5.65. The number of carboxylic acid groups (broad SMARTS) is 1. The van der Waals surface area contributed by atoms with E-state index in [2.05, 4.69) is 4.98 Å². The Bertz CT molecular complexity index is 309. The highest BCUT2D eigenvalue weighted by Crippen LogP contribution is 2.13. The first-order valence-corrected chi connectivity index (χ1v) is 3.39. The fourth-order valence-corrected chi connectivity index (χ4v) is 0.885. The normalized spacial score (nSPS) is 9.50. The lowest BCUT2D eigenvalue weighted by atomic mass is 10.2. The van der Waals surface area contributed by atoms with Gasteiger partial charge in [0.1, 0.15) is 5.75 Å². The number of carbonyl (C=O) groups is 1. The molecular formula is C8H9NO3. The lowest BCUT2D eigenvalue weighted by Crippen LogP contribution is -2.03.